The molecule has 15 heavy (non-hydrogen) atoms. The highest BCUT2D eigenvalue weighted by Crippen LogP contribution is 2.14. The summed E-state index contributed by atoms with van der Waals surface area (Å²) in [5, 5.41) is 0. The van der Waals surface area contributed by atoms with Crippen LogP contribution in [0.4, 0.5) is 5.82 Å². The van der Waals surface area contributed by atoms with E-state index in [0.717, 1.165) is 17.8 Å². The number of hydrogen-bond acceptors (Lipinski definition) is 5. The van der Waals surface area contributed by atoms with Crippen molar-refractivity contribution >= 4 is 34.4 Å². The predicted octanol–water partition coefficient (Wildman–Crippen LogP) is 1.69. The molecule has 0 atom stereocenters. The van der Waals surface area contributed by atoms with E-state index in [9.17, 15) is 0 Å². The maximum absolute atomic E-state index is 5.64. The van der Waals surface area contributed by atoms with Crippen LogP contribution >= 0.6 is 23.6 Å². The monoisotopic (exact) mass is 244 g/mol. The van der Waals surface area contributed by atoms with Gasteiger partial charge in [-0.15, -0.1) is 11.3 Å². The van der Waals surface area contributed by atoms with Crippen LogP contribution in [0.1, 0.15) is 31.1 Å². The molecule has 0 spiro atoms. The van der Waals surface area contributed by atoms with E-state index in [2.05, 4.69) is 22.8 Å². The van der Waals surface area contributed by atoms with Gasteiger partial charge in [-0.25, -0.2) is 10.4 Å². The molecule has 0 aliphatic carbocycles. The molecule has 0 fully saturated rings. The fourth-order valence-corrected chi connectivity index (χ4v) is 2.01. The fraction of sp³-hybridized carbons (Fsp3) is 0.556. The molecule has 0 bridgehead atoms. The molecular weight excluding hydrogens is 228 g/mol. The topological polar surface area (TPSA) is 63.0 Å². The van der Waals surface area contributed by atoms with Crippen LogP contribution in [0.25, 0.3) is 0 Å². The van der Waals surface area contributed by atoms with Crippen LogP contribution in [0.3, 0.4) is 0 Å². The van der Waals surface area contributed by atoms with Crippen molar-refractivity contribution < 1.29 is 0 Å². The number of nitrogens with zero attached hydrogens (tertiary/aromatic N) is 1. The van der Waals surface area contributed by atoms with Crippen LogP contribution in [0, 0.1) is 0 Å². The van der Waals surface area contributed by atoms with E-state index < -0.39 is 0 Å². The van der Waals surface area contributed by atoms with Crippen molar-refractivity contribution in [3.8, 4) is 0 Å². The Bertz CT molecular complexity index is 311. The van der Waals surface area contributed by atoms with Gasteiger partial charge < -0.3 is 11.2 Å². The molecule has 0 aliphatic rings. The fourth-order valence-electron chi connectivity index (χ4n) is 1.09. The second-order valence-electron chi connectivity index (χ2n) is 3.15. The van der Waals surface area contributed by atoms with Gasteiger partial charge in [-0.2, -0.15) is 0 Å². The molecule has 0 aromatic carbocycles. The normalized spacial score (nSPS) is 10.2. The Labute approximate surface area is 99.2 Å². The molecule has 0 saturated carbocycles. The number of aromatic nitrogens is 1. The molecule has 4 N–H and O–H groups in total. The Hall–Kier alpha value is -0.720. The number of thiazole rings is 1. The third kappa shape index (κ3) is 4.11. The summed E-state index contributed by atoms with van der Waals surface area (Å²) < 4.78 is 0. The van der Waals surface area contributed by atoms with E-state index in [1.165, 1.54) is 24.2 Å². The van der Waals surface area contributed by atoms with Crippen LogP contribution in [0.5, 0.6) is 0 Å². The van der Waals surface area contributed by atoms with E-state index in [1.807, 2.05) is 0 Å². The first-order chi connectivity index (χ1) is 7.25. The smallest absolute Gasteiger partial charge is 0.144 e. The summed E-state index contributed by atoms with van der Waals surface area (Å²) in [6.45, 7) is 3.09. The number of unbranched alkanes of at least 4 members (excludes halogenated alkanes) is 2. The highest BCUT2D eigenvalue weighted by atomic mass is 32.1. The van der Waals surface area contributed by atoms with E-state index in [0.29, 0.717) is 10.8 Å². The Morgan fingerprint density at radius 3 is 3.00 bits per heavy atom. The third-order valence-corrected chi connectivity index (χ3v) is 3.20. The van der Waals surface area contributed by atoms with Crippen molar-refractivity contribution in [3.05, 3.63) is 10.4 Å². The van der Waals surface area contributed by atoms with E-state index in [1.54, 1.807) is 5.51 Å². The molecule has 1 aromatic heterocycles. The van der Waals surface area contributed by atoms with Crippen LogP contribution in [0.15, 0.2) is 5.51 Å². The number of thiocarbonyl (C=S) groups is 1. The lowest BCUT2D eigenvalue weighted by Crippen LogP contribution is -2.37. The number of nitrogens with one attached hydrogen (secondary N) is 2. The van der Waals surface area contributed by atoms with Crippen molar-refractivity contribution in [1.82, 2.24) is 15.8 Å². The molecule has 1 heterocycles. The quantitative estimate of drug-likeness (QED) is 0.404. The molecule has 0 radical (unpaired) electrons. The van der Waals surface area contributed by atoms with E-state index >= 15 is 0 Å². The number of rotatable bonds is 6. The SMILES string of the molecule is CCCCCNNC(=S)c1scnc1N. The van der Waals surface area contributed by atoms with Crippen molar-refractivity contribution in [1.29, 1.82) is 0 Å². The van der Waals surface area contributed by atoms with Crippen LogP contribution in [-0.4, -0.2) is 16.5 Å². The molecule has 1 aromatic rings. The summed E-state index contributed by atoms with van der Waals surface area (Å²) in [5.74, 6) is 0.493. The van der Waals surface area contributed by atoms with Gasteiger partial charge in [0.05, 0.1) is 5.51 Å². The van der Waals surface area contributed by atoms with Gasteiger partial charge in [-0.05, 0) is 6.42 Å². The molecule has 0 saturated heterocycles. The Morgan fingerprint density at radius 1 is 1.60 bits per heavy atom. The first kappa shape index (κ1) is 12.4. The van der Waals surface area contributed by atoms with Gasteiger partial charge >= 0.3 is 0 Å². The molecule has 84 valence electrons. The standard InChI is InChI=1S/C9H16N4S2/c1-2-3-4-5-12-13-9(14)7-8(10)11-6-15-7/h6,12H,2-5,10H2,1H3,(H,13,14). The zero-order chi connectivity index (χ0) is 11.1. The number of nitrogens with two attached hydrogens (primary N) is 1. The number of hydrazine groups is 1. The van der Waals surface area contributed by atoms with Gasteiger partial charge in [0.1, 0.15) is 15.7 Å². The lowest BCUT2D eigenvalue weighted by atomic mass is 10.2. The second kappa shape index (κ2) is 6.71. The number of hydrogen-bond donors (Lipinski definition) is 3. The van der Waals surface area contributed by atoms with Gasteiger partial charge in [-0.1, -0.05) is 32.0 Å². The Balaban J connectivity index is 2.22. The lowest BCUT2D eigenvalue weighted by molar-refractivity contribution is 0.597. The summed E-state index contributed by atoms with van der Waals surface area (Å²) in [6, 6.07) is 0. The lowest BCUT2D eigenvalue weighted by Gasteiger charge is -2.07. The van der Waals surface area contributed by atoms with Gasteiger partial charge in [0.25, 0.3) is 0 Å². The highest BCUT2D eigenvalue weighted by molar-refractivity contribution is 7.81. The Kier molecular flexibility index (Phi) is 5.52. The van der Waals surface area contributed by atoms with Gasteiger partial charge in [0.15, 0.2) is 0 Å². The summed E-state index contributed by atoms with van der Waals surface area (Å²) in [6.07, 6.45) is 3.59. The maximum Gasteiger partial charge on any atom is 0.144 e. The van der Waals surface area contributed by atoms with Crippen molar-refractivity contribution in [2.45, 2.75) is 26.2 Å². The van der Waals surface area contributed by atoms with Crippen LogP contribution in [0.2, 0.25) is 0 Å². The van der Waals surface area contributed by atoms with Crippen LogP contribution in [-0.2, 0) is 0 Å². The van der Waals surface area contributed by atoms with Gasteiger partial charge in [-0.3, -0.25) is 0 Å². The summed E-state index contributed by atoms with van der Waals surface area (Å²) in [7, 11) is 0. The minimum Gasteiger partial charge on any atom is -0.382 e. The summed E-state index contributed by atoms with van der Waals surface area (Å²) in [4.78, 5) is 5.38. The summed E-state index contributed by atoms with van der Waals surface area (Å²) in [5.41, 5.74) is 13.4. The molecular formula is C9H16N4S2. The average Bonchev–Trinajstić information content (AvgIpc) is 2.64. The zero-order valence-corrected chi connectivity index (χ0v) is 10.4. The molecule has 6 heteroatoms. The maximum atomic E-state index is 5.64. The first-order valence-electron chi connectivity index (χ1n) is 4.98. The molecule has 0 unspecified atom stereocenters. The highest BCUT2D eigenvalue weighted by Gasteiger charge is 2.07. The van der Waals surface area contributed by atoms with Crippen molar-refractivity contribution in [3.63, 3.8) is 0 Å². The predicted molar refractivity (Wildman–Crippen MR) is 68.9 cm³/mol. The van der Waals surface area contributed by atoms with Gasteiger partial charge in [0, 0.05) is 6.54 Å². The largest absolute Gasteiger partial charge is 0.382 e. The molecule has 0 amide bonds. The second-order valence-corrected chi connectivity index (χ2v) is 4.42. The van der Waals surface area contributed by atoms with E-state index in [4.69, 9.17) is 18.0 Å². The number of anilines is 1. The van der Waals surface area contributed by atoms with E-state index in [-0.39, 0.29) is 0 Å². The molecule has 1 rings (SSSR count). The molecule has 0 aliphatic heterocycles. The average molecular weight is 244 g/mol. The minimum absolute atomic E-state index is 0.493. The minimum atomic E-state index is 0.493. The number of nitrogen functional groups attached to an aromatic ring is 1. The third-order valence-electron chi connectivity index (χ3n) is 1.91. The summed E-state index contributed by atoms with van der Waals surface area (Å²) >= 11 is 6.60. The zero-order valence-electron chi connectivity index (χ0n) is 8.75. The Morgan fingerprint density at radius 2 is 2.40 bits per heavy atom. The molecule has 4 nitrogen and oxygen atoms in total. The van der Waals surface area contributed by atoms with Crippen molar-refractivity contribution in [2.24, 2.45) is 0 Å². The first-order valence-corrected chi connectivity index (χ1v) is 6.26. The van der Waals surface area contributed by atoms with Crippen molar-refractivity contribution in [2.75, 3.05) is 12.3 Å². The van der Waals surface area contributed by atoms with Gasteiger partial charge in [0.2, 0.25) is 0 Å². The van der Waals surface area contributed by atoms with Crippen LogP contribution < -0.4 is 16.6 Å².